The highest BCUT2D eigenvalue weighted by Gasteiger charge is 2.25. The number of aromatic nitrogens is 2. The third-order valence-electron chi connectivity index (χ3n) is 3.46. The minimum absolute atomic E-state index is 0.0289. The van der Waals surface area contributed by atoms with Gasteiger partial charge in [-0.3, -0.25) is 9.13 Å². The molecule has 1 aliphatic rings. The van der Waals surface area contributed by atoms with E-state index in [0.29, 0.717) is 12.6 Å². The van der Waals surface area contributed by atoms with Crippen LogP contribution < -0.4 is 5.69 Å². The zero-order chi connectivity index (χ0) is 12.7. The van der Waals surface area contributed by atoms with Gasteiger partial charge in [0.15, 0.2) is 0 Å². The van der Waals surface area contributed by atoms with Crippen LogP contribution in [0.2, 0.25) is 0 Å². The van der Waals surface area contributed by atoms with Crippen molar-refractivity contribution in [2.24, 2.45) is 0 Å². The number of rotatable bonds is 3. The molecule has 1 aromatic carbocycles. The molecule has 1 aliphatic carbocycles. The van der Waals surface area contributed by atoms with Crippen molar-refractivity contribution in [1.82, 2.24) is 9.13 Å². The third-order valence-corrected chi connectivity index (χ3v) is 3.46. The summed E-state index contributed by atoms with van der Waals surface area (Å²) in [7, 11) is 0. The lowest BCUT2D eigenvalue weighted by Gasteiger charge is -2.06. The summed E-state index contributed by atoms with van der Waals surface area (Å²) < 4.78 is 16.5. The largest absolute Gasteiger partial charge is 0.328 e. The lowest BCUT2D eigenvalue weighted by molar-refractivity contribution is 0.622. The normalized spacial score (nSPS) is 15.0. The third kappa shape index (κ3) is 1.98. The Kier molecular flexibility index (Phi) is 2.58. The summed E-state index contributed by atoms with van der Waals surface area (Å²) in [5, 5.41) is 0. The van der Waals surface area contributed by atoms with Gasteiger partial charge in [-0.2, -0.15) is 0 Å². The first kappa shape index (κ1) is 11.3. The Hall–Kier alpha value is -1.84. The van der Waals surface area contributed by atoms with Crippen LogP contribution >= 0.6 is 0 Å². The molecule has 0 radical (unpaired) electrons. The fourth-order valence-corrected chi connectivity index (χ4v) is 2.20. The standard InChI is InChI=1S/C14H15FN2O/c1-10-8-12(15)3-2-11(10)9-16-6-7-17(14(16)18)13-4-5-13/h2-3,6-8,13H,4-5,9H2,1H3. The molecule has 1 heterocycles. The van der Waals surface area contributed by atoms with Crippen LogP contribution in [0, 0.1) is 12.7 Å². The molecular formula is C14H15FN2O. The average Bonchev–Trinajstić information content (AvgIpc) is 3.10. The van der Waals surface area contributed by atoms with Gasteiger partial charge in [0.05, 0.1) is 6.54 Å². The maximum atomic E-state index is 13.0. The molecule has 0 amide bonds. The molecule has 4 heteroatoms. The molecular weight excluding hydrogens is 231 g/mol. The SMILES string of the molecule is Cc1cc(F)ccc1Cn1ccn(C2CC2)c1=O. The Bertz CT molecular complexity index is 637. The van der Waals surface area contributed by atoms with Crippen molar-refractivity contribution in [3.8, 4) is 0 Å². The van der Waals surface area contributed by atoms with Crippen molar-refractivity contribution in [2.75, 3.05) is 0 Å². The zero-order valence-corrected chi connectivity index (χ0v) is 10.3. The van der Waals surface area contributed by atoms with E-state index in [0.717, 1.165) is 24.0 Å². The van der Waals surface area contributed by atoms with E-state index in [1.165, 1.54) is 12.1 Å². The van der Waals surface area contributed by atoms with Gasteiger partial charge in [-0.15, -0.1) is 0 Å². The van der Waals surface area contributed by atoms with Crippen molar-refractivity contribution >= 4 is 0 Å². The highest BCUT2D eigenvalue weighted by Crippen LogP contribution is 2.33. The van der Waals surface area contributed by atoms with Gasteiger partial charge in [0.25, 0.3) is 0 Å². The number of benzene rings is 1. The average molecular weight is 246 g/mol. The molecule has 0 unspecified atom stereocenters. The number of hydrogen-bond acceptors (Lipinski definition) is 1. The summed E-state index contributed by atoms with van der Waals surface area (Å²) in [5.41, 5.74) is 1.88. The number of nitrogens with zero attached hydrogens (tertiary/aromatic N) is 2. The second-order valence-corrected chi connectivity index (χ2v) is 4.92. The Balaban J connectivity index is 1.90. The molecule has 18 heavy (non-hydrogen) atoms. The maximum absolute atomic E-state index is 13.0. The van der Waals surface area contributed by atoms with Crippen molar-refractivity contribution in [1.29, 1.82) is 0 Å². The molecule has 1 saturated carbocycles. The molecule has 0 spiro atoms. The summed E-state index contributed by atoms with van der Waals surface area (Å²) in [6.45, 7) is 2.37. The molecule has 3 nitrogen and oxygen atoms in total. The minimum Gasteiger partial charge on any atom is -0.296 e. The van der Waals surface area contributed by atoms with Crippen LogP contribution in [0.25, 0.3) is 0 Å². The Morgan fingerprint density at radius 1 is 1.33 bits per heavy atom. The Morgan fingerprint density at radius 3 is 2.78 bits per heavy atom. The number of hydrogen-bond donors (Lipinski definition) is 0. The molecule has 1 fully saturated rings. The Labute approximate surface area is 104 Å². The number of halogens is 1. The van der Waals surface area contributed by atoms with E-state index in [9.17, 15) is 9.18 Å². The highest BCUT2D eigenvalue weighted by molar-refractivity contribution is 5.26. The summed E-state index contributed by atoms with van der Waals surface area (Å²) in [6.07, 6.45) is 5.85. The molecule has 0 N–H and O–H groups in total. The van der Waals surface area contributed by atoms with Crippen molar-refractivity contribution in [3.63, 3.8) is 0 Å². The maximum Gasteiger partial charge on any atom is 0.328 e. The van der Waals surface area contributed by atoms with Gasteiger partial charge in [0.1, 0.15) is 5.82 Å². The van der Waals surface area contributed by atoms with Crippen LogP contribution in [-0.2, 0) is 6.54 Å². The van der Waals surface area contributed by atoms with Crippen LogP contribution in [0.3, 0.4) is 0 Å². The minimum atomic E-state index is -0.237. The smallest absolute Gasteiger partial charge is 0.296 e. The molecule has 0 atom stereocenters. The van der Waals surface area contributed by atoms with E-state index >= 15 is 0 Å². The first-order chi connectivity index (χ1) is 8.65. The summed E-state index contributed by atoms with van der Waals surface area (Å²) in [6, 6.07) is 5.07. The number of aryl methyl sites for hydroxylation is 1. The van der Waals surface area contributed by atoms with Gasteiger partial charge in [0, 0.05) is 18.4 Å². The molecule has 1 aromatic heterocycles. The van der Waals surface area contributed by atoms with Gasteiger partial charge in [-0.1, -0.05) is 6.07 Å². The second kappa shape index (κ2) is 4.12. The highest BCUT2D eigenvalue weighted by atomic mass is 19.1. The Morgan fingerprint density at radius 2 is 2.11 bits per heavy atom. The van der Waals surface area contributed by atoms with Crippen molar-refractivity contribution < 1.29 is 4.39 Å². The van der Waals surface area contributed by atoms with Gasteiger partial charge < -0.3 is 0 Å². The van der Waals surface area contributed by atoms with Crippen LogP contribution in [-0.4, -0.2) is 9.13 Å². The molecule has 94 valence electrons. The van der Waals surface area contributed by atoms with Crippen LogP contribution in [0.15, 0.2) is 35.4 Å². The van der Waals surface area contributed by atoms with E-state index in [-0.39, 0.29) is 11.5 Å². The van der Waals surface area contributed by atoms with Gasteiger partial charge in [-0.05, 0) is 43.0 Å². The second-order valence-electron chi connectivity index (χ2n) is 4.92. The fraction of sp³-hybridized carbons (Fsp3) is 0.357. The number of imidazole rings is 1. The lowest BCUT2D eigenvalue weighted by atomic mass is 10.1. The van der Waals surface area contributed by atoms with E-state index in [4.69, 9.17) is 0 Å². The van der Waals surface area contributed by atoms with Crippen LogP contribution in [0.4, 0.5) is 4.39 Å². The molecule has 0 saturated heterocycles. The van der Waals surface area contributed by atoms with Gasteiger partial charge >= 0.3 is 5.69 Å². The van der Waals surface area contributed by atoms with E-state index < -0.39 is 0 Å². The van der Waals surface area contributed by atoms with Crippen LogP contribution in [0.5, 0.6) is 0 Å². The van der Waals surface area contributed by atoms with Crippen LogP contribution in [0.1, 0.15) is 30.0 Å². The molecule has 0 bridgehead atoms. The first-order valence-corrected chi connectivity index (χ1v) is 6.17. The first-order valence-electron chi connectivity index (χ1n) is 6.17. The van der Waals surface area contributed by atoms with E-state index in [2.05, 4.69) is 0 Å². The quantitative estimate of drug-likeness (QED) is 0.817. The molecule has 2 aromatic rings. The fourth-order valence-electron chi connectivity index (χ4n) is 2.20. The molecule has 3 rings (SSSR count). The van der Waals surface area contributed by atoms with E-state index in [1.807, 2.05) is 19.3 Å². The topological polar surface area (TPSA) is 26.9 Å². The predicted octanol–water partition coefficient (Wildman–Crippen LogP) is 2.48. The van der Waals surface area contributed by atoms with E-state index in [1.54, 1.807) is 15.2 Å². The van der Waals surface area contributed by atoms with Crippen molar-refractivity contribution in [3.05, 3.63) is 58.0 Å². The van der Waals surface area contributed by atoms with Crippen molar-refractivity contribution in [2.45, 2.75) is 32.4 Å². The predicted molar refractivity (Wildman–Crippen MR) is 67.2 cm³/mol. The molecule has 0 aliphatic heterocycles. The summed E-state index contributed by atoms with van der Waals surface area (Å²) in [5.74, 6) is -0.237. The lowest BCUT2D eigenvalue weighted by Crippen LogP contribution is -2.24. The summed E-state index contributed by atoms with van der Waals surface area (Å²) in [4.78, 5) is 12.1. The monoisotopic (exact) mass is 246 g/mol. The van der Waals surface area contributed by atoms with Gasteiger partial charge in [-0.25, -0.2) is 9.18 Å². The summed E-state index contributed by atoms with van der Waals surface area (Å²) >= 11 is 0. The van der Waals surface area contributed by atoms with Gasteiger partial charge in [0.2, 0.25) is 0 Å². The zero-order valence-electron chi connectivity index (χ0n) is 10.3.